The molecule has 0 bridgehead atoms. The number of rotatable bonds is 5. The van der Waals surface area contributed by atoms with E-state index in [1.807, 2.05) is 0 Å². The molecule has 0 fully saturated rings. The molecule has 0 spiro atoms. The highest BCUT2D eigenvalue weighted by Gasteiger charge is 2.17. The van der Waals surface area contributed by atoms with Gasteiger partial charge in [0.1, 0.15) is 0 Å². The standard InChI is InChI=1S/C18H22N2O4S/c1-18(2,3)14-6-8-15(9-7-14)25(22,23)20-19-12-13-5-10-16(21)17(11-13)24-4/h5-12,20-21H,1-4H3. The predicted molar refractivity (Wildman–Crippen MR) is 97.7 cm³/mol. The van der Waals surface area contributed by atoms with Crippen LogP contribution in [0.3, 0.4) is 0 Å². The van der Waals surface area contributed by atoms with E-state index in [1.165, 1.54) is 19.4 Å². The Hall–Kier alpha value is -2.54. The van der Waals surface area contributed by atoms with Gasteiger partial charge >= 0.3 is 0 Å². The van der Waals surface area contributed by atoms with E-state index >= 15 is 0 Å². The van der Waals surface area contributed by atoms with Crippen molar-refractivity contribution in [3.63, 3.8) is 0 Å². The summed E-state index contributed by atoms with van der Waals surface area (Å²) in [5, 5.41) is 13.3. The average Bonchev–Trinajstić information content (AvgIpc) is 2.55. The highest BCUT2D eigenvalue weighted by atomic mass is 32.2. The van der Waals surface area contributed by atoms with Crippen LogP contribution >= 0.6 is 0 Å². The van der Waals surface area contributed by atoms with Crippen LogP contribution in [-0.4, -0.2) is 26.8 Å². The molecule has 0 aromatic heterocycles. The molecular weight excluding hydrogens is 340 g/mol. The van der Waals surface area contributed by atoms with E-state index in [-0.39, 0.29) is 21.8 Å². The smallest absolute Gasteiger partial charge is 0.276 e. The lowest BCUT2D eigenvalue weighted by Crippen LogP contribution is -2.19. The largest absolute Gasteiger partial charge is 0.504 e. The fraction of sp³-hybridized carbons (Fsp3) is 0.278. The molecule has 134 valence electrons. The van der Waals surface area contributed by atoms with E-state index in [4.69, 9.17) is 4.74 Å². The average molecular weight is 362 g/mol. The topological polar surface area (TPSA) is 88.0 Å². The third-order valence-electron chi connectivity index (χ3n) is 3.62. The minimum absolute atomic E-state index is 0.000770. The molecule has 2 aromatic carbocycles. The van der Waals surface area contributed by atoms with Crippen molar-refractivity contribution in [2.45, 2.75) is 31.1 Å². The number of sulfonamides is 1. The first-order valence-electron chi connectivity index (χ1n) is 7.66. The van der Waals surface area contributed by atoms with Gasteiger partial charge in [0.05, 0.1) is 18.2 Å². The van der Waals surface area contributed by atoms with Crippen LogP contribution in [0.5, 0.6) is 11.5 Å². The van der Waals surface area contributed by atoms with Crippen molar-refractivity contribution < 1.29 is 18.3 Å². The molecular formula is C18H22N2O4S. The van der Waals surface area contributed by atoms with E-state index in [9.17, 15) is 13.5 Å². The van der Waals surface area contributed by atoms with Gasteiger partial charge in [-0.1, -0.05) is 32.9 Å². The zero-order valence-electron chi connectivity index (χ0n) is 14.6. The summed E-state index contributed by atoms with van der Waals surface area (Å²) in [5.74, 6) is 0.281. The number of phenols is 1. The van der Waals surface area contributed by atoms with Gasteiger partial charge in [0.2, 0.25) is 0 Å². The number of hydrogen-bond acceptors (Lipinski definition) is 5. The molecule has 2 rings (SSSR count). The van der Waals surface area contributed by atoms with Gasteiger partial charge in [0, 0.05) is 0 Å². The van der Waals surface area contributed by atoms with Crippen molar-refractivity contribution in [3.05, 3.63) is 53.6 Å². The molecule has 0 saturated heterocycles. The minimum atomic E-state index is -3.75. The zero-order valence-corrected chi connectivity index (χ0v) is 15.5. The minimum Gasteiger partial charge on any atom is -0.504 e. The summed E-state index contributed by atoms with van der Waals surface area (Å²) in [5.41, 5.74) is 1.58. The molecule has 0 saturated carbocycles. The molecule has 0 aliphatic rings. The maximum atomic E-state index is 12.3. The van der Waals surface area contributed by atoms with Gasteiger partial charge in [-0.2, -0.15) is 13.5 Å². The first-order valence-corrected chi connectivity index (χ1v) is 9.14. The molecule has 2 aromatic rings. The Morgan fingerprint density at radius 1 is 1.12 bits per heavy atom. The van der Waals surface area contributed by atoms with Crippen molar-refractivity contribution in [1.82, 2.24) is 4.83 Å². The summed E-state index contributed by atoms with van der Waals surface area (Å²) < 4.78 is 29.5. The summed E-state index contributed by atoms with van der Waals surface area (Å²) >= 11 is 0. The Kier molecular flexibility index (Phi) is 5.37. The molecule has 0 aliphatic carbocycles. The van der Waals surface area contributed by atoms with Gasteiger partial charge in [-0.15, -0.1) is 0 Å². The molecule has 0 unspecified atom stereocenters. The van der Waals surface area contributed by atoms with Crippen molar-refractivity contribution >= 4 is 16.2 Å². The van der Waals surface area contributed by atoms with Gasteiger partial charge < -0.3 is 9.84 Å². The summed E-state index contributed by atoms with van der Waals surface area (Å²) in [6.45, 7) is 6.18. The van der Waals surface area contributed by atoms with Crippen LogP contribution in [-0.2, 0) is 15.4 Å². The number of aromatic hydroxyl groups is 1. The number of nitrogens with zero attached hydrogens (tertiary/aromatic N) is 1. The fourth-order valence-corrected chi connectivity index (χ4v) is 2.92. The van der Waals surface area contributed by atoms with Crippen molar-refractivity contribution in [3.8, 4) is 11.5 Å². The van der Waals surface area contributed by atoms with E-state index < -0.39 is 10.0 Å². The number of benzene rings is 2. The van der Waals surface area contributed by atoms with Crippen LogP contribution in [0.2, 0.25) is 0 Å². The van der Waals surface area contributed by atoms with Gasteiger partial charge in [0.15, 0.2) is 11.5 Å². The summed E-state index contributed by atoms with van der Waals surface area (Å²) in [7, 11) is -2.31. The fourth-order valence-electron chi connectivity index (χ4n) is 2.13. The van der Waals surface area contributed by atoms with Gasteiger partial charge in [-0.3, -0.25) is 0 Å². The van der Waals surface area contributed by atoms with Crippen molar-refractivity contribution in [2.24, 2.45) is 5.10 Å². The molecule has 2 N–H and O–H groups in total. The molecule has 0 aliphatic heterocycles. The lowest BCUT2D eigenvalue weighted by molar-refractivity contribution is 0.373. The second-order valence-corrected chi connectivity index (χ2v) is 8.22. The molecule has 6 nitrogen and oxygen atoms in total. The highest BCUT2D eigenvalue weighted by molar-refractivity contribution is 7.89. The van der Waals surface area contributed by atoms with E-state index in [1.54, 1.807) is 36.4 Å². The molecule has 25 heavy (non-hydrogen) atoms. The summed E-state index contributed by atoms with van der Waals surface area (Å²) in [4.78, 5) is 2.31. The third kappa shape index (κ3) is 4.73. The van der Waals surface area contributed by atoms with E-state index in [2.05, 4.69) is 30.7 Å². The number of hydrogen-bond donors (Lipinski definition) is 2. The quantitative estimate of drug-likeness (QED) is 0.632. The van der Waals surface area contributed by atoms with Crippen LogP contribution < -0.4 is 9.57 Å². The zero-order chi connectivity index (χ0) is 18.7. The number of hydrazone groups is 1. The Morgan fingerprint density at radius 3 is 2.32 bits per heavy atom. The van der Waals surface area contributed by atoms with Crippen molar-refractivity contribution in [2.75, 3.05) is 7.11 Å². The lowest BCUT2D eigenvalue weighted by atomic mass is 9.87. The van der Waals surface area contributed by atoms with E-state index in [0.717, 1.165) is 5.56 Å². The monoisotopic (exact) mass is 362 g/mol. The number of nitrogens with one attached hydrogen (secondary N) is 1. The summed E-state index contributed by atoms with van der Waals surface area (Å²) in [6.07, 6.45) is 1.34. The molecule has 0 radical (unpaired) electrons. The van der Waals surface area contributed by atoms with Gasteiger partial charge in [-0.25, -0.2) is 4.83 Å². The molecule has 0 atom stereocenters. The highest BCUT2D eigenvalue weighted by Crippen LogP contribution is 2.25. The van der Waals surface area contributed by atoms with Crippen LogP contribution in [0.15, 0.2) is 52.5 Å². The number of phenolic OH excluding ortho intramolecular Hbond substituents is 1. The maximum absolute atomic E-state index is 12.3. The molecule has 0 heterocycles. The second kappa shape index (κ2) is 7.14. The Bertz CT molecular complexity index is 867. The van der Waals surface area contributed by atoms with Crippen LogP contribution in [0, 0.1) is 0 Å². The second-order valence-electron chi connectivity index (χ2n) is 6.56. The lowest BCUT2D eigenvalue weighted by Gasteiger charge is -2.19. The predicted octanol–water partition coefficient (Wildman–Crippen LogP) is 3.01. The number of ether oxygens (including phenoxy) is 1. The normalized spacial score (nSPS) is 12.3. The number of methoxy groups -OCH3 is 1. The third-order valence-corrected chi connectivity index (χ3v) is 4.86. The Morgan fingerprint density at radius 2 is 1.76 bits per heavy atom. The van der Waals surface area contributed by atoms with Crippen LogP contribution in [0.25, 0.3) is 0 Å². The van der Waals surface area contributed by atoms with Crippen LogP contribution in [0.1, 0.15) is 31.9 Å². The molecule has 0 amide bonds. The Labute approximate surface area is 148 Å². The van der Waals surface area contributed by atoms with E-state index in [0.29, 0.717) is 5.56 Å². The molecule has 7 heteroatoms. The summed E-state index contributed by atoms with van der Waals surface area (Å²) in [6, 6.07) is 11.3. The van der Waals surface area contributed by atoms with Crippen LogP contribution in [0.4, 0.5) is 0 Å². The first kappa shape index (κ1) is 18.8. The Balaban J connectivity index is 2.13. The first-order chi connectivity index (χ1) is 11.6. The SMILES string of the molecule is COc1cc(C=NNS(=O)(=O)c2ccc(C(C)(C)C)cc2)ccc1O. The van der Waals surface area contributed by atoms with Gasteiger partial charge in [-0.05, 0) is 46.9 Å². The van der Waals surface area contributed by atoms with Crippen molar-refractivity contribution in [1.29, 1.82) is 0 Å². The van der Waals surface area contributed by atoms with Gasteiger partial charge in [0.25, 0.3) is 10.0 Å². The maximum Gasteiger partial charge on any atom is 0.276 e.